The zero-order valence-electron chi connectivity index (χ0n) is 10.8. The predicted molar refractivity (Wildman–Crippen MR) is 79.8 cm³/mol. The quantitative estimate of drug-likeness (QED) is 0.818. The first-order chi connectivity index (χ1) is 8.72. The van der Waals surface area contributed by atoms with E-state index in [0.29, 0.717) is 6.04 Å². The third-order valence-corrected chi connectivity index (χ3v) is 3.12. The number of rotatable bonds is 4. The number of hydrogen-bond donors (Lipinski definition) is 1. The molecule has 0 saturated carbocycles. The van der Waals surface area contributed by atoms with E-state index in [2.05, 4.69) is 61.8 Å². The smallest absolute Gasteiger partial charge is 0.0488 e. The van der Waals surface area contributed by atoms with Crippen LogP contribution in [0.25, 0.3) is 0 Å². The van der Waals surface area contributed by atoms with Gasteiger partial charge in [0.2, 0.25) is 0 Å². The van der Waals surface area contributed by atoms with Gasteiger partial charge in [-0.3, -0.25) is 0 Å². The van der Waals surface area contributed by atoms with Crippen LogP contribution in [0.2, 0.25) is 0 Å². The second-order valence-electron chi connectivity index (χ2n) is 4.55. The summed E-state index contributed by atoms with van der Waals surface area (Å²) in [4.78, 5) is 0. The summed E-state index contributed by atoms with van der Waals surface area (Å²) >= 11 is 0. The molecule has 0 bridgehead atoms. The van der Waals surface area contributed by atoms with Crippen molar-refractivity contribution in [2.75, 3.05) is 5.32 Å². The van der Waals surface area contributed by atoms with Crippen molar-refractivity contribution in [2.45, 2.75) is 19.4 Å². The van der Waals surface area contributed by atoms with E-state index in [9.17, 15) is 0 Å². The lowest BCUT2D eigenvalue weighted by atomic mass is 9.94. The molecule has 1 N–H and O–H groups in total. The molecule has 0 unspecified atom stereocenters. The fraction of sp³-hybridized carbons (Fsp3) is 0.176. The van der Waals surface area contributed by atoms with Gasteiger partial charge in [0.25, 0.3) is 0 Å². The van der Waals surface area contributed by atoms with E-state index in [-0.39, 0.29) is 0 Å². The fourth-order valence-electron chi connectivity index (χ4n) is 2.19. The van der Waals surface area contributed by atoms with Gasteiger partial charge in [0.1, 0.15) is 0 Å². The van der Waals surface area contributed by atoms with Gasteiger partial charge in [-0.15, -0.1) is 0 Å². The highest BCUT2D eigenvalue weighted by atomic mass is 14.9. The molecule has 0 amide bonds. The Bertz CT molecular complexity index is 520. The van der Waals surface area contributed by atoms with Crippen molar-refractivity contribution >= 4 is 5.69 Å². The molecule has 0 fully saturated rings. The number of aryl methyl sites for hydroxylation is 1. The molecular formula is C17H19N. The maximum absolute atomic E-state index is 3.85. The Hall–Kier alpha value is -2.02. The number of allylic oxidation sites excluding steroid dienone is 4. The van der Waals surface area contributed by atoms with Crippen molar-refractivity contribution in [1.29, 1.82) is 0 Å². The summed E-state index contributed by atoms with van der Waals surface area (Å²) in [5, 5.41) is 3.53. The monoisotopic (exact) mass is 237 g/mol. The third-order valence-electron chi connectivity index (χ3n) is 3.12. The summed E-state index contributed by atoms with van der Waals surface area (Å²) in [6, 6.07) is 8.76. The Labute approximate surface area is 109 Å². The second kappa shape index (κ2) is 5.54. The summed E-state index contributed by atoms with van der Waals surface area (Å²) in [5.74, 6) is 0. The number of benzene rings is 1. The molecule has 0 heterocycles. The minimum absolute atomic E-state index is 0.323. The Morgan fingerprint density at radius 2 is 2.00 bits per heavy atom. The summed E-state index contributed by atoms with van der Waals surface area (Å²) in [6.07, 6.45) is 9.17. The van der Waals surface area contributed by atoms with E-state index >= 15 is 0 Å². The molecule has 0 spiro atoms. The summed E-state index contributed by atoms with van der Waals surface area (Å²) in [5.41, 5.74) is 4.76. The normalized spacial score (nSPS) is 18.6. The Kier molecular flexibility index (Phi) is 3.83. The van der Waals surface area contributed by atoms with Crippen molar-refractivity contribution in [3.05, 3.63) is 78.4 Å². The molecule has 0 aliphatic heterocycles. The maximum Gasteiger partial charge on any atom is 0.0488 e. The van der Waals surface area contributed by atoms with Gasteiger partial charge in [-0.1, -0.05) is 49.6 Å². The Balaban J connectivity index is 2.13. The van der Waals surface area contributed by atoms with Gasteiger partial charge in [-0.05, 0) is 42.2 Å². The van der Waals surface area contributed by atoms with Gasteiger partial charge in [0.15, 0.2) is 0 Å². The van der Waals surface area contributed by atoms with Crippen LogP contribution in [0.4, 0.5) is 5.69 Å². The van der Waals surface area contributed by atoms with E-state index in [0.717, 1.165) is 17.7 Å². The Morgan fingerprint density at radius 3 is 2.67 bits per heavy atom. The van der Waals surface area contributed by atoms with Crippen LogP contribution in [-0.4, -0.2) is 6.04 Å². The van der Waals surface area contributed by atoms with Crippen LogP contribution in [0, 0.1) is 6.92 Å². The average molecular weight is 237 g/mol. The number of hydrogen-bond acceptors (Lipinski definition) is 1. The summed E-state index contributed by atoms with van der Waals surface area (Å²) in [7, 11) is 0. The second-order valence-corrected chi connectivity index (χ2v) is 4.55. The lowest BCUT2D eigenvalue weighted by Crippen LogP contribution is -2.19. The largest absolute Gasteiger partial charge is 0.378 e. The van der Waals surface area contributed by atoms with Crippen molar-refractivity contribution in [3.63, 3.8) is 0 Å². The topological polar surface area (TPSA) is 12.0 Å². The molecule has 0 aromatic heterocycles. The zero-order valence-corrected chi connectivity index (χ0v) is 10.8. The molecule has 1 atom stereocenters. The van der Waals surface area contributed by atoms with Gasteiger partial charge >= 0.3 is 0 Å². The van der Waals surface area contributed by atoms with Crippen molar-refractivity contribution in [2.24, 2.45) is 0 Å². The molecule has 1 aromatic rings. The first-order valence-electron chi connectivity index (χ1n) is 6.23. The van der Waals surface area contributed by atoms with Crippen molar-refractivity contribution < 1.29 is 0 Å². The molecule has 0 radical (unpaired) electrons. The van der Waals surface area contributed by atoms with Crippen LogP contribution in [0.1, 0.15) is 12.0 Å². The van der Waals surface area contributed by atoms with E-state index in [1.165, 1.54) is 11.1 Å². The van der Waals surface area contributed by atoms with Crippen LogP contribution in [-0.2, 0) is 0 Å². The lowest BCUT2D eigenvalue weighted by molar-refractivity contribution is 0.870. The minimum atomic E-state index is 0.323. The van der Waals surface area contributed by atoms with Crippen LogP contribution in [0.5, 0.6) is 0 Å². The number of nitrogens with one attached hydrogen (secondary N) is 1. The van der Waals surface area contributed by atoms with E-state index in [1.807, 2.05) is 12.2 Å². The first-order valence-corrected chi connectivity index (χ1v) is 6.23. The molecule has 1 aromatic carbocycles. The summed E-state index contributed by atoms with van der Waals surface area (Å²) < 4.78 is 0. The molecule has 1 nitrogen and oxygen atoms in total. The molecule has 1 heteroatoms. The highest BCUT2D eigenvalue weighted by Gasteiger charge is 2.11. The van der Waals surface area contributed by atoms with Crippen molar-refractivity contribution in [3.8, 4) is 0 Å². The fourth-order valence-corrected chi connectivity index (χ4v) is 2.19. The molecule has 92 valence electrons. The lowest BCUT2D eigenvalue weighted by Gasteiger charge is -2.21. The molecule has 2 rings (SSSR count). The molecule has 0 saturated heterocycles. The highest BCUT2D eigenvalue weighted by Crippen LogP contribution is 2.23. The van der Waals surface area contributed by atoms with Crippen LogP contribution in [0.15, 0.2) is 72.9 Å². The predicted octanol–water partition coefficient (Wildman–Crippen LogP) is 4.40. The van der Waals surface area contributed by atoms with E-state index in [4.69, 9.17) is 0 Å². The zero-order chi connectivity index (χ0) is 13.0. The number of anilines is 1. The minimum Gasteiger partial charge on any atom is -0.378 e. The van der Waals surface area contributed by atoms with E-state index in [1.54, 1.807) is 0 Å². The third kappa shape index (κ3) is 2.80. The highest BCUT2D eigenvalue weighted by molar-refractivity contribution is 5.52. The molecule has 18 heavy (non-hydrogen) atoms. The van der Waals surface area contributed by atoms with Gasteiger partial charge in [0.05, 0.1) is 0 Å². The molecule has 1 aliphatic carbocycles. The SMILES string of the molecule is C=CC1=CC[C@H](Nc2cccc(C)c2)C=C1C=C. The van der Waals surface area contributed by atoms with Crippen LogP contribution >= 0.6 is 0 Å². The van der Waals surface area contributed by atoms with Gasteiger partial charge < -0.3 is 5.32 Å². The van der Waals surface area contributed by atoms with Gasteiger partial charge in [-0.25, -0.2) is 0 Å². The van der Waals surface area contributed by atoms with Gasteiger partial charge in [0, 0.05) is 11.7 Å². The van der Waals surface area contributed by atoms with Crippen LogP contribution < -0.4 is 5.32 Å². The van der Waals surface area contributed by atoms with Gasteiger partial charge in [-0.2, -0.15) is 0 Å². The van der Waals surface area contributed by atoms with E-state index < -0.39 is 0 Å². The Morgan fingerprint density at radius 1 is 1.22 bits per heavy atom. The van der Waals surface area contributed by atoms with Crippen molar-refractivity contribution in [1.82, 2.24) is 0 Å². The molecule has 1 aliphatic rings. The maximum atomic E-state index is 3.85. The molecular weight excluding hydrogens is 218 g/mol. The van der Waals surface area contributed by atoms with Crippen LogP contribution in [0.3, 0.4) is 0 Å². The summed E-state index contributed by atoms with van der Waals surface area (Å²) in [6.45, 7) is 9.78. The standard InChI is InChI=1S/C17H19N/c1-4-14-9-10-17(12-15(14)5-2)18-16-8-6-7-13(3)11-16/h4-9,11-12,17-18H,1-2,10H2,3H3/t17-/m0/s1. The first kappa shape index (κ1) is 12.4. The average Bonchev–Trinajstić information content (AvgIpc) is 2.38.